The zero-order chi connectivity index (χ0) is 20.9. The zero-order valence-corrected chi connectivity index (χ0v) is 17.2. The molecule has 0 unspecified atom stereocenters. The third-order valence-electron chi connectivity index (χ3n) is 5.36. The summed E-state index contributed by atoms with van der Waals surface area (Å²) in [6.45, 7) is 5.18. The second-order valence-electron chi connectivity index (χ2n) is 7.50. The molecular weight excluding hydrogens is 380 g/mol. The zero-order valence-electron chi connectivity index (χ0n) is 17.2. The van der Waals surface area contributed by atoms with E-state index in [1.54, 1.807) is 11.1 Å². The number of carbonyl (C=O) groups is 2. The van der Waals surface area contributed by atoms with E-state index < -0.39 is 11.7 Å². The number of hydrogen-bond acceptors (Lipinski definition) is 4. The van der Waals surface area contributed by atoms with E-state index in [-0.39, 0.29) is 0 Å². The predicted molar refractivity (Wildman–Crippen MR) is 115 cm³/mol. The van der Waals surface area contributed by atoms with E-state index in [1.807, 2.05) is 60.0 Å². The predicted octanol–water partition coefficient (Wildman–Crippen LogP) is 3.46. The minimum absolute atomic E-state index is 0.455. The molecule has 3 aromatic rings. The van der Waals surface area contributed by atoms with Crippen LogP contribution in [0.25, 0.3) is 10.9 Å². The maximum Gasteiger partial charge on any atom is 0.295 e. The maximum absolute atomic E-state index is 12.9. The molecule has 2 aromatic carbocycles. The number of carbonyl (C=O) groups excluding carboxylic acids is 2. The van der Waals surface area contributed by atoms with Crippen molar-refractivity contribution in [1.29, 1.82) is 0 Å². The fourth-order valence-corrected chi connectivity index (χ4v) is 3.70. The van der Waals surface area contributed by atoms with Gasteiger partial charge in [-0.3, -0.25) is 9.59 Å². The number of benzene rings is 2. The van der Waals surface area contributed by atoms with Crippen molar-refractivity contribution in [3.8, 4) is 5.75 Å². The first-order valence-electron chi connectivity index (χ1n) is 10.3. The molecule has 6 nitrogen and oxygen atoms in total. The number of amides is 1. The molecule has 30 heavy (non-hydrogen) atoms. The van der Waals surface area contributed by atoms with Crippen LogP contribution in [0.1, 0.15) is 22.3 Å². The van der Waals surface area contributed by atoms with Crippen LogP contribution >= 0.6 is 0 Å². The summed E-state index contributed by atoms with van der Waals surface area (Å²) in [6.07, 6.45) is 2.59. The Kier molecular flexibility index (Phi) is 6.14. The highest BCUT2D eigenvalue weighted by atomic mass is 16.5. The minimum atomic E-state index is -0.456. The molecule has 1 fully saturated rings. The smallest absolute Gasteiger partial charge is 0.295 e. The van der Waals surface area contributed by atoms with Gasteiger partial charge in [-0.25, -0.2) is 0 Å². The monoisotopic (exact) mass is 406 g/mol. The molecule has 0 aliphatic carbocycles. The second-order valence-corrected chi connectivity index (χ2v) is 7.50. The molecule has 1 saturated heterocycles. The van der Waals surface area contributed by atoms with Gasteiger partial charge >= 0.3 is 0 Å². The van der Waals surface area contributed by atoms with E-state index in [2.05, 4.69) is 0 Å². The van der Waals surface area contributed by atoms with Gasteiger partial charge in [-0.15, -0.1) is 0 Å². The first kappa shape index (κ1) is 20.2. The topological polar surface area (TPSA) is 60.8 Å². The molecule has 1 aliphatic rings. The lowest BCUT2D eigenvalue weighted by atomic mass is 10.1. The van der Waals surface area contributed by atoms with Crippen molar-refractivity contribution in [3.63, 3.8) is 0 Å². The van der Waals surface area contributed by atoms with Crippen LogP contribution < -0.4 is 4.74 Å². The van der Waals surface area contributed by atoms with Gasteiger partial charge in [0.05, 0.1) is 25.4 Å². The van der Waals surface area contributed by atoms with Crippen LogP contribution in [0, 0.1) is 6.92 Å². The summed E-state index contributed by atoms with van der Waals surface area (Å²) in [5.74, 6) is -0.0587. The Morgan fingerprint density at radius 1 is 1.03 bits per heavy atom. The van der Waals surface area contributed by atoms with E-state index in [0.717, 1.165) is 23.1 Å². The number of aryl methyl sites for hydroxylation is 2. The van der Waals surface area contributed by atoms with Crippen molar-refractivity contribution < 1.29 is 19.1 Å². The Bertz CT molecular complexity index is 1030. The number of aromatic nitrogens is 1. The van der Waals surface area contributed by atoms with Gasteiger partial charge in [0.15, 0.2) is 0 Å². The largest absolute Gasteiger partial charge is 0.494 e. The summed E-state index contributed by atoms with van der Waals surface area (Å²) in [5, 5.41) is 0.809. The maximum atomic E-state index is 12.9. The van der Waals surface area contributed by atoms with E-state index in [1.165, 1.54) is 5.56 Å². The van der Waals surface area contributed by atoms with Crippen molar-refractivity contribution in [2.24, 2.45) is 0 Å². The first-order valence-corrected chi connectivity index (χ1v) is 10.3. The average molecular weight is 406 g/mol. The number of ketones is 1. The molecule has 0 atom stereocenters. The number of morpholine rings is 1. The van der Waals surface area contributed by atoms with Crippen molar-refractivity contribution in [2.45, 2.75) is 19.9 Å². The molecule has 4 rings (SSSR count). The lowest BCUT2D eigenvalue weighted by molar-refractivity contribution is -0.130. The summed E-state index contributed by atoms with van der Waals surface area (Å²) in [5.41, 5.74) is 2.61. The molecule has 0 spiro atoms. The van der Waals surface area contributed by atoms with Crippen LogP contribution in [0.5, 0.6) is 5.75 Å². The molecule has 0 radical (unpaired) electrons. The standard InChI is InChI=1S/C24H26N2O4/c1-18-7-9-19(10-8-18)30-14-4-11-26-17-21(20-5-2-3-6-22(20)26)23(27)24(28)25-12-15-29-16-13-25/h2-3,5-10,17H,4,11-16H2,1H3. The van der Waals surface area contributed by atoms with E-state index in [4.69, 9.17) is 9.47 Å². The van der Waals surface area contributed by atoms with Crippen LogP contribution in [0.3, 0.4) is 0 Å². The van der Waals surface area contributed by atoms with Crippen molar-refractivity contribution in [3.05, 3.63) is 65.9 Å². The van der Waals surface area contributed by atoms with Crippen LogP contribution in [0.2, 0.25) is 0 Å². The lowest BCUT2D eigenvalue weighted by Crippen LogP contribution is -2.44. The number of para-hydroxylation sites is 1. The van der Waals surface area contributed by atoms with Crippen molar-refractivity contribution in [1.82, 2.24) is 9.47 Å². The summed E-state index contributed by atoms with van der Waals surface area (Å²) in [6, 6.07) is 15.7. The molecule has 1 aliphatic heterocycles. The number of rotatable bonds is 7. The minimum Gasteiger partial charge on any atom is -0.494 e. The molecule has 0 bridgehead atoms. The van der Waals surface area contributed by atoms with Gasteiger partial charge in [0.2, 0.25) is 0 Å². The summed E-state index contributed by atoms with van der Waals surface area (Å²) in [7, 11) is 0. The molecule has 0 saturated carbocycles. The van der Waals surface area contributed by atoms with Crippen molar-refractivity contribution in [2.75, 3.05) is 32.9 Å². The normalized spacial score (nSPS) is 14.1. The molecule has 1 aromatic heterocycles. The van der Waals surface area contributed by atoms with Gasteiger partial charge in [0.1, 0.15) is 5.75 Å². The second kappa shape index (κ2) is 9.13. The fraction of sp³-hybridized carbons (Fsp3) is 0.333. The number of nitrogens with zero attached hydrogens (tertiary/aromatic N) is 2. The number of fused-ring (bicyclic) bond motifs is 1. The highest BCUT2D eigenvalue weighted by Gasteiger charge is 2.27. The third-order valence-corrected chi connectivity index (χ3v) is 5.36. The average Bonchev–Trinajstić information content (AvgIpc) is 3.16. The number of ether oxygens (including phenoxy) is 2. The van der Waals surface area contributed by atoms with E-state index in [0.29, 0.717) is 45.0 Å². The van der Waals surface area contributed by atoms with Crippen LogP contribution in [-0.2, 0) is 16.1 Å². The van der Waals surface area contributed by atoms with Gasteiger partial charge < -0.3 is 18.9 Å². The molecular formula is C24H26N2O4. The van der Waals surface area contributed by atoms with Crippen LogP contribution in [0.4, 0.5) is 0 Å². The van der Waals surface area contributed by atoms with Gasteiger partial charge in [0, 0.05) is 36.7 Å². The SMILES string of the molecule is Cc1ccc(OCCCn2cc(C(=O)C(=O)N3CCOCC3)c3ccccc32)cc1. The lowest BCUT2D eigenvalue weighted by Gasteiger charge is -2.25. The molecule has 2 heterocycles. The Labute approximate surface area is 176 Å². The highest BCUT2D eigenvalue weighted by Crippen LogP contribution is 2.23. The quantitative estimate of drug-likeness (QED) is 0.343. The Balaban J connectivity index is 1.45. The number of Topliss-reactive ketones (excluding diaryl/α,β-unsaturated/α-hetero) is 1. The van der Waals surface area contributed by atoms with Gasteiger partial charge in [-0.2, -0.15) is 0 Å². The molecule has 156 valence electrons. The summed E-state index contributed by atoms with van der Waals surface area (Å²) >= 11 is 0. The Hall–Kier alpha value is -3.12. The van der Waals surface area contributed by atoms with Gasteiger partial charge in [-0.1, -0.05) is 35.9 Å². The van der Waals surface area contributed by atoms with Crippen LogP contribution in [0.15, 0.2) is 54.7 Å². The fourth-order valence-electron chi connectivity index (χ4n) is 3.70. The third kappa shape index (κ3) is 4.39. The van der Waals surface area contributed by atoms with Gasteiger partial charge in [0.25, 0.3) is 11.7 Å². The van der Waals surface area contributed by atoms with E-state index >= 15 is 0 Å². The van der Waals surface area contributed by atoms with Crippen molar-refractivity contribution >= 4 is 22.6 Å². The summed E-state index contributed by atoms with van der Waals surface area (Å²) < 4.78 is 13.1. The summed E-state index contributed by atoms with van der Waals surface area (Å²) in [4.78, 5) is 27.2. The Morgan fingerprint density at radius 3 is 2.53 bits per heavy atom. The van der Waals surface area contributed by atoms with E-state index in [9.17, 15) is 9.59 Å². The molecule has 1 amide bonds. The number of hydrogen-bond donors (Lipinski definition) is 0. The Morgan fingerprint density at radius 2 is 1.77 bits per heavy atom. The van der Waals surface area contributed by atoms with Gasteiger partial charge in [-0.05, 0) is 31.5 Å². The first-order chi connectivity index (χ1) is 14.6. The molecule has 6 heteroatoms. The molecule has 0 N–H and O–H groups in total. The highest BCUT2D eigenvalue weighted by molar-refractivity contribution is 6.44. The van der Waals surface area contributed by atoms with Crippen LogP contribution in [-0.4, -0.2) is 54.1 Å².